The second-order valence-corrected chi connectivity index (χ2v) is 8.19. The van der Waals surface area contributed by atoms with E-state index in [0.29, 0.717) is 36.7 Å². The van der Waals surface area contributed by atoms with Crippen molar-refractivity contribution in [1.29, 1.82) is 0 Å². The number of hydrogen-bond donors (Lipinski definition) is 1. The van der Waals surface area contributed by atoms with Crippen LogP contribution in [-0.4, -0.2) is 49.7 Å². The van der Waals surface area contributed by atoms with Crippen molar-refractivity contribution in [1.82, 2.24) is 4.90 Å². The number of thiocarbonyl (C=S) groups is 1. The van der Waals surface area contributed by atoms with Gasteiger partial charge in [-0.2, -0.15) is 8.42 Å². The summed E-state index contributed by atoms with van der Waals surface area (Å²) in [5.74, 6) is 0.781. The van der Waals surface area contributed by atoms with Crippen LogP contribution < -0.4 is 8.92 Å². The lowest BCUT2D eigenvalue weighted by Gasteiger charge is -2.31. The zero-order valence-electron chi connectivity index (χ0n) is 14.9. The van der Waals surface area contributed by atoms with Crippen molar-refractivity contribution < 1.29 is 22.4 Å². The number of aliphatic hydroxyl groups excluding tert-OH is 1. The predicted molar refractivity (Wildman–Crippen MR) is 106 cm³/mol. The van der Waals surface area contributed by atoms with Gasteiger partial charge in [0.1, 0.15) is 21.4 Å². The van der Waals surface area contributed by atoms with Gasteiger partial charge in [0, 0.05) is 18.7 Å². The third-order valence-electron chi connectivity index (χ3n) is 4.41. The summed E-state index contributed by atoms with van der Waals surface area (Å²) in [5, 5.41) is 9.60. The minimum Gasteiger partial charge on any atom is -0.497 e. The highest BCUT2D eigenvalue weighted by Crippen LogP contribution is 2.22. The Balaban J connectivity index is 1.68. The van der Waals surface area contributed by atoms with E-state index in [1.165, 1.54) is 19.2 Å². The SMILES string of the molecule is COc1ccc(S(=O)(=O)Oc2ccc(C(=S)N3CCC(O)CC3)cc2)cc1. The number of ether oxygens (including phenoxy) is 1. The fourth-order valence-electron chi connectivity index (χ4n) is 2.82. The average Bonchev–Trinajstić information content (AvgIpc) is 2.68. The van der Waals surface area contributed by atoms with Gasteiger partial charge in [-0.15, -0.1) is 0 Å². The molecule has 0 aromatic heterocycles. The van der Waals surface area contributed by atoms with Crippen LogP contribution in [0.25, 0.3) is 0 Å². The number of piperidine rings is 1. The molecular formula is C19H21NO5S2. The van der Waals surface area contributed by atoms with Gasteiger partial charge in [-0.3, -0.25) is 0 Å². The molecule has 1 aliphatic heterocycles. The Morgan fingerprint density at radius 1 is 1.04 bits per heavy atom. The number of hydrogen-bond acceptors (Lipinski definition) is 6. The molecular weight excluding hydrogens is 386 g/mol. The number of nitrogens with zero attached hydrogens (tertiary/aromatic N) is 1. The summed E-state index contributed by atoms with van der Waals surface area (Å²) in [5.41, 5.74) is 0.815. The van der Waals surface area contributed by atoms with Gasteiger partial charge in [0.05, 0.1) is 13.2 Å². The molecule has 2 aromatic carbocycles. The van der Waals surface area contributed by atoms with Crippen LogP contribution in [0.1, 0.15) is 18.4 Å². The third-order valence-corrected chi connectivity index (χ3v) is 6.16. The Hall–Kier alpha value is -2.16. The summed E-state index contributed by atoms with van der Waals surface area (Å²) in [6, 6.07) is 12.6. The molecule has 6 nitrogen and oxygen atoms in total. The van der Waals surface area contributed by atoms with Crippen molar-refractivity contribution in [3.63, 3.8) is 0 Å². The molecule has 0 bridgehead atoms. The van der Waals surface area contributed by atoms with Gasteiger partial charge in [0.25, 0.3) is 0 Å². The summed E-state index contributed by atoms with van der Waals surface area (Å²) in [6.45, 7) is 1.42. The summed E-state index contributed by atoms with van der Waals surface area (Å²) in [4.78, 5) is 2.78. The molecule has 2 aromatic rings. The Morgan fingerprint density at radius 3 is 2.15 bits per heavy atom. The molecule has 0 saturated carbocycles. The van der Waals surface area contributed by atoms with Crippen LogP contribution in [0.2, 0.25) is 0 Å². The molecule has 1 saturated heterocycles. The minimum absolute atomic E-state index is 0.0507. The number of rotatable bonds is 5. The fraction of sp³-hybridized carbons (Fsp3) is 0.316. The standard InChI is InChI=1S/C19H21NO5S2/c1-24-16-6-8-18(9-7-16)27(22,23)25-17-4-2-14(3-5-17)19(26)20-12-10-15(21)11-13-20/h2-9,15,21H,10-13H2,1H3. The second kappa shape index (κ2) is 8.24. The first-order chi connectivity index (χ1) is 12.9. The first kappa shape index (κ1) is 19.6. The van der Waals surface area contributed by atoms with Crippen LogP contribution >= 0.6 is 12.2 Å². The van der Waals surface area contributed by atoms with Gasteiger partial charge in [0.2, 0.25) is 0 Å². The van der Waals surface area contributed by atoms with Gasteiger partial charge >= 0.3 is 10.1 Å². The maximum atomic E-state index is 12.4. The lowest BCUT2D eigenvalue weighted by Crippen LogP contribution is -2.39. The van der Waals surface area contributed by atoms with Crippen molar-refractivity contribution in [2.24, 2.45) is 0 Å². The summed E-state index contributed by atoms with van der Waals surface area (Å²) < 4.78 is 35.0. The van der Waals surface area contributed by atoms with Crippen molar-refractivity contribution in [2.75, 3.05) is 20.2 Å². The van der Waals surface area contributed by atoms with Crippen LogP contribution in [0.5, 0.6) is 11.5 Å². The largest absolute Gasteiger partial charge is 0.497 e. The van der Waals surface area contributed by atoms with Crippen molar-refractivity contribution in [2.45, 2.75) is 23.8 Å². The quantitative estimate of drug-likeness (QED) is 0.603. The van der Waals surface area contributed by atoms with E-state index in [9.17, 15) is 13.5 Å². The fourth-order valence-corrected chi connectivity index (χ4v) is 4.07. The van der Waals surface area contributed by atoms with Crippen LogP contribution in [0.15, 0.2) is 53.4 Å². The molecule has 1 N–H and O–H groups in total. The van der Waals surface area contributed by atoms with Gasteiger partial charge < -0.3 is 18.9 Å². The average molecular weight is 408 g/mol. The molecule has 27 heavy (non-hydrogen) atoms. The molecule has 0 radical (unpaired) electrons. The highest BCUT2D eigenvalue weighted by molar-refractivity contribution is 7.87. The van der Waals surface area contributed by atoms with E-state index in [2.05, 4.69) is 0 Å². The zero-order valence-corrected chi connectivity index (χ0v) is 16.5. The lowest BCUT2D eigenvalue weighted by atomic mass is 10.1. The summed E-state index contributed by atoms with van der Waals surface area (Å²) >= 11 is 5.51. The van der Waals surface area contributed by atoms with E-state index in [-0.39, 0.29) is 16.7 Å². The first-order valence-electron chi connectivity index (χ1n) is 8.55. The smallest absolute Gasteiger partial charge is 0.339 e. The molecule has 144 valence electrons. The molecule has 8 heteroatoms. The van der Waals surface area contributed by atoms with Gasteiger partial charge in [-0.1, -0.05) is 12.2 Å². The number of likely N-dealkylation sites (tertiary alicyclic amines) is 1. The maximum absolute atomic E-state index is 12.4. The molecule has 0 unspecified atom stereocenters. The molecule has 0 amide bonds. The Kier molecular flexibility index (Phi) is 5.98. The molecule has 1 heterocycles. The minimum atomic E-state index is -3.92. The number of methoxy groups -OCH3 is 1. The van der Waals surface area contributed by atoms with E-state index < -0.39 is 10.1 Å². The monoisotopic (exact) mass is 407 g/mol. The van der Waals surface area contributed by atoms with E-state index in [0.717, 1.165) is 5.56 Å². The van der Waals surface area contributed by atoms with Crippen LogP contribution in [0.3, 0.4) is 0 Å². The summed E-state index contributed by atoms with van der Waals surface area (Å²) in [7, 11) is -2.41. The van der Waals surface area contributed by atoms with Crippen molar-refractivity contribution >= 4 is 27.3 Å². The van der Waals surface area contributed by atoms with E-state index >= 15 is 0 Å². The van der Waals surface area contributed by atoms with Crippen molar-refractivity contribution in [3.05, 3.63) is 54.1 Å². The Morgan fingerprint density at radius 2 is 1.59 bits per heavy atom. The zero-order chi connectivity index (χ0) is 19.4. The number of benzene rings is 2. The highest BCUT2D eigenvalue weighted by Gasteiger charge is 2.20. The molecule has 1 fully saturated rings. The molecule has 0 aliphatic carbocycles. The molecule has 0 atom stereocenters. The van der Waals surface area contributed by atoms with Gasteiger partial charge in [0.15, 0.2) is 0 Å². The van der Waals surface area contributed by atoms with E-state index in [4.69, 9.17) is 21.1 Å². The van der Waals surface area contributed by atoms with E-state index in [1.54, 1.807) is 36.4 Å². The lowest BCUT2D eigenvalue weighted by molar-refractivity contribution is 0.110. The van der Waals surface area contributed by atoms with Crippen LogP contribution in [-0.2, 0) is 10.1 Å². The molecule has 3 rings (SSSR count). The Bertz CT molecular complexity index is 887. The second-order valence-electron chi connectivity index (χ2n) is 6.26. The van der Waals surface area contributed by atoms with Crippen LogP contribution in [0.4, 0.5) is 0 Å². The van der Waals surface area contributed by atoms with Gasteiger partial charge in [-0.25, -0.2) is 0 Å². The van der Waals surface area contributed by atoms with E-state index in [1.807, 2.05) is 4.90 Å². The predicted octanol–water partition coefficient (Wildman–Crippen LogP) is 2.60. The third kappa shape index (κ3) is 4.77. The molecule has 1 aliphatic rings. The molecule has 0 spiro atoms. The van der Waals surface area contributed by atoms with Crippen molar-refractivity contribution in [3.8, 4) is 11.5 Å². The van der Waals surface area contributed by atoms with Crippen LogP contribution in [0, 0.1) is 0 Å². The Labute approximate surface area is 164 Å². The summed E-state index contributed by atoms with van der Waals surface area (Å²) in [6.07, 6.45) is 1.13. The number of aliphatic hydroxyl groups is 1. The first-order valence-corrected chi connectivity index (χ1v) is 10.4. The normalized spacial score (nSPS) is 15.4. The highest BCUT2D eigenvalue weighted by atomic mass is 32.2. The maximum Gasteiger partial charge on any atom is 0.339 e. The topological polar surface area (TPSA) is 76.1 Å². The van der Waals surface area contributed by atoms with Gasteiger partial charge in [-0.05, 0) is 61.4 Å².